The second kappa shape index (κ2) is 9.18. The molecule has 2 N–H and O–H groups in total. The van der Waals surface area contributed by atoms with Gasteiger partial charge in [0.25, 0.3) is 0 Å². The number of hydrogen-bond acceptors (Lipinski definition) is 2. The minimum absolute atomic E-state index is 0.0274. The first-order valence-electron chi connectivity index (χ1n) is 8.38. The highest BCUT2D eigenvalue weighted by molar-refractivity contribution is 5.78. The van der Waals surface area contributed by atoms with Crippen molar-refractivity contribution < 1.29 is 9.18 Å². The van der Waals surface area contributed by atoms with Crippen LogP contribution in [0.4, 0.5) is 4.39 Å². The monoisotopic (exact) mass is 328 g/mol. The van der Waals surface area contributed by atoms with E-state index in [1.165, 1.54) is 11.6 Å². The third-order valence-electron chi connectivity index (χ3n) is 4.13. The SMILES string of the molecule is CC(Cc1ccccc1F)C(=O)N(CCN)CCc1ccccc1. The van der Waals surface area contributed by atoms with Gasteiger partial charge >= 0.3 is 0 Å². The van der Waals surface area contributed by atoms with Crippen molar-refractivity contribution in [3.63, 3.8) is 0 Å². The van der Waals surface area contributed by atoms with Crippen LogP contribution in [-0.2, 0) is 17.6 Å². The molecule has 0 fully saturated rings. The van der Waals surface area contributed by atoms with E-state index >= 15 is 0 Å². The molecule has 1 atom stereocenters. The summed E-state index contributed by atoms with van der Waals surface area (Å²) in [6.45, 7) is 3.42. The molecule has 128 valence electrons. The van der Waals surface area contributed by atoms with Gasteiger partial charge in [0.1, 0.15) is 5.82 Å². The summed E-state index contributed by atoms with van der Waals surface area (Å²) in [5, 5.41) is 0. The summed E-state index contributed by atoms with van der Waals surface area (Å²) in [5.41, 5.74) is 7.43. The quantitative estimate of drug-likeness (QED) is 0.809. The molecule has 0 aliphatic rings. The summed E-state index contributed by atoms with van der Waals surface area (Å²) >= 11 is 0. The standard InChI is InChI=1S/C20H25FN2O/c1-16(15-18-9-5-6-10-19(18)21)20(24)23(14-12-22)13-11-17-7-3-2-4-8-17/h2-10,16H,11-15,22H2,1H3. The fourth-order valence-electron chi connectivity index (χ4n) is 2.79. The van der Waals surface area contributed by atoms with Crippen molar-refractivity contribution in [2.24, 2.45) is 11.7 Å². The predicted octanol–water partition coefficient (Wildman–Crippen LogP) is 3.03. The highest BCUT2D eigenvalue weighted by Gasteiger charge is 2.21. The maximum absolute atomic E-state index is 13.8. The maximum Gasteiger partial charge on any atom is 0.225 e. The molecule has 1 amide bonds. The summed E-state index contributed by atoms with van der Waals surface area (Å²) in [4.78, 5) is 14.5. The van der Waals surface area contributed by atoms with Crippen LogP contribution in [0.5, 0.6) is 0 Å². The van der Waals surface area contributed by atoms with Crippen molar-refractivity contribution in [3.8, 4) is 0 Å². The zero-order valence-electron chi connectivity index (χ0n) is 14.1. The van der Waals surface area contributed by atoms with Crippen LogP contribution in [0, 0.1) is 11.7 Å². The second-order valence-electron chi connectivity index (χ2n) is 6.05. The number of benzene rings is 2. The molecular formula is C20H25FN2O. The van der Waals surface area contributed by atoms with E-state index in [0.29, 0.717) is 31.6 Å². The summed E-state index contributed by atoms with van der Waals surface area (Å²) in [5.74, 6) is -0.504. The topological polar surface area (TPSA) is 46.3 Å². The van der Waals surface area contributed by atoms with Gasteiger partial charge in [-0.05, 0) is 30.0 Å². The van der Waals surface area contributed by atoms with Crippen LogP contribution < -0.4 is 5.73 Å². The molecule has 0 radical (unpaired) electrons. The van der Waals surface area contributed by atoms with Gasteiger partial charge in [-0.15, -0.1) is 0 Å². The number of rotatable bonds is 8. The lowest BCUT2D eigenvalue weighted by Crippen LogP contribution is -2.40. The second-order valence-corrected chi connectivity index (χ2v) is 6.05. The van der Waals surface area contributed by atoms with E-state index in [2.05, 4.69) is 0 Å². The zero-order chi connectivity index (χ0) is 17.4. The lowest BCUT2D eigenvalue weighted by atomic mass is 9.99. The van der Waals surface area contributed by atoms with Gasteiger partial charge in [0.2, 0.25) is 5.91 Å². The van der Waals surface area contributed by atoms with Crippen LogP contribution in [0.1, 0.15) is 18.1 Å². The van der Waals surface area contributed by atoms with Crippen LogP contribution in [-0.4, -0.2) is 30.4 Å². The van der Waals surface area contributed by atoms with Crippen molar-refractivity contribution in [2.45, 2.75) is 19.8 Å². The van der Waals surface area contributed by atoms with E-state index in [0.717, 1.165) is 6.42 Å². The minimum atomic E-state index is -0.274. The van der Waals surface area contributed by atoms with Crippen molar-refractivity contribution in [1.82, 2.24) is 4.90 Å². The largest absolute Gasteiger partial charge is 0.341 e. The number of halogens is 1. The molecule has 0 aromatic heterocycles. The van der Waals surface area contributed by atoms with Crippen molar-refractivity contribution in [1.29, 1.82) is 0 Å². The fraction of sp³-hybridized carbons (Fsp3) is 0.350. The maximum atomic E-state index is 13.8. The Morgan fingerprint density at radius 3 is 2.42 bits per heavy atom. The Hall–Kier alpha value is -2.20. The summed E-state index contributed by atoms with van der Waals surface area (Å²) < 4.78 is 13.8. The Balaban J connectivity index is 1.98. The van der Waals surface area contributed by atoms with Gasteiger partial charge in [-0.1, -0.05) is 55.5 Å². The molecule has 2 aromatic carbocycles. The van der Waals surface area contributed by atoms with E-state index in [1.807, 2.05) is 37.3 Å². The number of nitrogens with two attached hydrogens (primary N) is 1. The molecule has 0 aliphatic heterocycles. The average Bonchev–Trinajstić information content (AvgIpc) is 2.61. The summed E-state index contributed by atoms with van der Waals surface area (Å²) in [6, 6.07) is 16.7. The molecule has 4 heteroatoms. The Morgan fingerprint density at radius 1 is 1.08 bits per heavy atom. The molecule has 0 saturated carbocycles. The first-order valence-corrected chi connectivity index (χ1v) is 8.38. The highest BCUT2D eigenvalue weighted by Crippen LogP contribution is 2.15. The van der Waals surface area contributed by atoms with Crippen LogP contribution in [0.25, 0.3) is 0 Å². The number of carbonyl (C=O) groups excluding carboxylic acids is 1. The van der Waals surface area contributed by atoms with Crippen molar-refractivity contribution in [3.05, 3.63) is 71.5 Å². The normalized spacial score (nSPS) is 12.0. The zero-order valence-corrected chi connectivity index (χ0v) is 14.1. The highest BCUT2D eigenvalue weighted by atomic mass is 19.1. The Labute approximate surface area is 143 Å². The van der Waals surface area contributed by atoms with Gasteiger partial charge < -0.3 is 10.6 Å². The Kier molecular flexibility index (Phi) is 6.94. The van der Waals surface area contributed by atoms with Crippen LogP contribution >= 0.6 is 0 Å². The molecule has 1 unspecified atom stereocenters. The molecule has 0 saturated heterocycles. The van der Waals surface area contributed by atoms with Crippen molar-refractivity contribution >= 4 is 5.91 Å². The Bertz CT molecular complexity index is 645. The molecule has 2 rings (SSSR count). The smallest absolute Gasteiger partial charge is 0.225 e. The first kappa shape index (κ1) is 18.1. The van der Waals surface area contributed by atoms with E-state index in [9.17, 15) is 9.18 Å². The third kappa shape index (κ3) is 5.17. The number of hydrogen-bond donors (Lipinski definition) is 1. The molecule has 3 nitrogen and oxygen atoms in total. The van der Waals surface area contributed by atoms with Gasteiger partial charge in [-0.25, -0.2) is 4.39 Å². The summed E-state index contributed by atoms with van der Waals surface area (Å²) in [6.07, 6.45) is 1.19. The average molecular weight is 328 g/mol. The first-order chi connectivity index (χ1) is 11.6. The molecule has 24 heavy (non-hydrogen) atoms. The van der Waals surface area contributed by atoms with Gasteiger partial charge in [-0.2, -0.15) is 0 Å². The third-order valence-corrected chi connectivity index (χ3v) is 4.13. The van der Waals surface area contributed by atoms with E-state index < -0.39 is 0 Å². The van der Waals surface area contributed by atoms with Crippen LogP contribution in [0.2, 0.25) is 0 Å². The van der Waals surface area contributed by atoms with Gasteiger partial charge in [0.15, 0.2) is 0 Å². The lowest BCUT2D eigenvalue weighted by Gasteiger charge is -2.25. The molecule has 0 bridgehead atoms. The van der Waals surface area contributed by atoms with E-state index in [-0.39, 0.29) is 17.6 Å². The Morgan fingerprint density at radius 2 is 1.75 bits per heavy atom. The molecule has 0 aliphatic carbocycles. The fourth-order valence-corrected chi connectivity index (χ4v) is 2.79. The number of carbonyl (C=O) groups is 1. The number of nitrogens with zero attached hydrogens (tertiary/aromatic N) is 1. The van der Waals surface area contributed by atoms with E-state index in [4.69, 9.17) is 5.73 Å². The van der Waals surface area contributed by atoms with E-state index in [1.54, 1.807) is 23.1 Å². The number of amides is 1. The van der Waals surface area contributed by atoms with Gasteiger partial charge in [0, 0.05) is 25.6 Å². The van der Waals surface area contributed by atoms with Gasteiger partial charge in [-0.3, -0.25) is 4.79 Å². The van der Waals surface area contributed by atoms with Crippen LogP contribution in [0.15, 0.2) is 54.6 Å². The van der Waals surface area contributed by atoms with Crippen molar-refractivity contribution in [2.75, 3.05) is 19.6 Å². The van der Waals surface area contributed by atoms with Crippen LogP contribution in [0.3, 0.4) is 0 Å². The van der Waals surface area contributed by atoms with Gasteiger partial charge in [0.05, 0.1) is 0 Å². The summed E-state index contributed by atoms with van der Waals surface area (Å²) in [7, 11) is 0. The molecule has 0 spiro atoms. The minimum Gasteiger partial charge on any atom is -0.341 e. The molecular weight excluding hydrogens is 303 g/mol. The lowest BCUT2D eigenvalue weighted by molar-refractivity contribution is -0.134. The molecule has 2 aromatic rings. The predicted molar refractivity (Wildman–Crippen MR) is 95.0 cm³/mol. The molecule has 0 heterocycles.